The van der Waals surface area contributed by atoms with E-state index in [9.17, 15) is 15.2 Å². The minimum atomic E-state index is -0.999. The van der Waals surface area contributed by atoms with Gasteiger partial charge >= 0.3 is 0 Å². The van der Waals surface area contributed by atoms with E-state index in [1.807, 2.05) is 41.3 Å². The molecule has 3 fully saturated rings. The van der Waals surface area contributed by atoms with Gasteiger partial charge in [0.2, 0.25) is 0 Å². The standard InChI is InChI=1S/C31H28N6O3/c1-4-20-6-5-7-21(10-20)30(38)37-24-11-25(37)17-35(16-24)28-9-8-22(14-33-28)27-12-26(40-19-31(2,3)39)18-36-29(27)23(13-32)15-34-36/h1,5-10,12,14-15,18,24-25,39H,11,16-17,19H2,2-3H3. The van der Waals surface area contributed by atoms with Crippen LogP contribution in [0, 0.1) is 23.7 Å². The number of carbonyl (C=O) groups excluding carboxylic acids is 1. The van der Waals surface area contributed by atoms with Crippen LogP contribution < -0.4 is 9.64 Å². The van der Waals surface area contributed by atoms with Crippen LogP contribution in [0.4, 0.5) is 5.82 Å². The smallest absolute Gasteiger partial charge is 0.254 e. The van der Waals surface area contributed by atoms with Crippen molar-refractivity contribution >= 4 is 17.2 Å². The molecule has 40 heavy (non-hydrogen) atoms. The molecule has 3 aliphatic rings. The molecule has 1 aromatic carbocycles. The van der Waals surface area contributed by atoms with E-state index in [2.05, 4.69) is 22.0 Å². The van der Waals surface area contributed by atoms with E-state index in [1.54, 1.807) is 36.8 Å². The van der Waals surface area contributed by atoms with E-state index in [4.69, 9.17) is 16.1 Å². The van der Waals surface area contributed by atoms with Crippen LogP contribution in [0.2, 0.25) is 0 Å². The summed E-state index contributed by atoms with van der Waals surface area (Å²) in [7, 11) is 0. The average Bonchev–Trinajstić information content (AvgIpc) is 3.38. The first-order valence-electron chi connectivity index (χ1n) is 13.1. The molecule has 9 nitrogen and oxygen atoms in total. The van der Waals surface area contributed by atoms with Gasteiger partial charge in [0.25, 0.3) is 5.91 Å². The lowest BCUT2D eigenvalue weighted by Gasteiger charge is -2.56. The Labute approximate surface area is 232 Å². The molecule has 3 aliphatic heterocycles. The maximum absolute atomic E-state index is 13.2. The highest BCUT2D eigenvalue weighted by Crippen LogP contribution is 2.36. The summed E-state index contributed by atoms with van der Waals surface area (Å²) in [6.45, 7) is 4.86. The van der Waals surface area contributed by atoms with Gasteiger partial charge in [-0.2, -0.15) is 10.4 Å². The Kier molecular flexibility index (Phi) is 6.17. The topological polar surface area (TPSA) is 107 Å². The third kappa shape index (κ3) is 4.61. The molecular weight excluding hydrogens is 504 g/mol. The number of aromatic nitrogens is 3. The average molecular weight is 533 g/mol. The second kappa shape index (κ2) is 9.71. The fourth-order valence-electron chi connectivity index (χ4n) is 5.49. The SMILES string of the molecule is C#Cc1cccc(C(=O)N2C3CC2CN(c2ccc(-c4cc(OCC(C)(C)O)cn5ncc(C#N)c45)cn2)C3)c1. The van der Waals surface area contributed by atoms with Gasteiger partial charge in [0.1, 0.15) is 24.2 Å². The van der Waals surface area contributed by atoms with Gasteiger partial charge in [-0.3, -0.25) is 4.79 Å². The van der Waals surface area contributed by atoms with Crippen molar-refractivity contribution in [1.29, 1.82) is 5.26 Å². The van der Waals surface area contributed by atoms with Gasteiger partial charge in [0.05, 0.1) is 41.2 Å². The zero-order valence-electron chi connectivity index (χ0n) is 22.3. The van der Waals surface area contributed by atoms with Gasteiger partial charge in [0.15, 0.2) is 0 Å². The van der Waals surface area contributed by atoms with E-state index >= 15 is 0 Å². The number of amides is 1. The zero-order chi connectivity index (χ0) is 28.0. The number of aliphatic hydroxyl groups is 1. The van der Waals surface area contributed by atoms with Crippen LogP contribution in [-0.4, -0.2) is 67.9 Å². The monoisotopic (exact) mass is 532 g/mol. The lowest BCUT2D eigenvalue weighted by molar-refractivity contribution is 0.00575. The second-order valence-electron chi connectivity index (χ2n) is 10.9. The van der Waals surface area contributed by atoms with Gasteiger partial charge in [-0.1, -0.05) is 12.0 Å². The van der Waals surface area contributed by atoms with E-state index in [1.165, 1.54) is 6.20 Å². The molecule has 2 bridgehead atoms. The third-order valence-corrected chi connectivity index (χ3v) is 7.39. The number of nitriles is 1. The number of pyridine rings is 2. The van der Waals surface area contributed by atoms with Gasteiger partial charge < -0.3 is 19.6 Å². The minimum Gasteiger partial charge on any atom is -0.489 e. The first-order chi connectivity index (χ1) is 19.2. The van der Waals surface area contributed by atoms with Crippen LogP contribution in [-0.2, 0) is 0 Å². The number of piperazine rings is 1. The molecule has 1 amide bonds. The molecule has 0 saturated carbocycles. The van der Waals surface area contributed by atoms with Crippen LogP contribution in [0.5, 0.6) is 5.75 Å². The maximum atomic E-state index is 13.2. The number of piperidine rings is 1. The lowest BCUT2D eigenvalue weighted by atomic mass is 9.86. The van der Waals surface area contributed by atoms with Gasteiger partial charge in [-0.25, -0.2) is 9.50 Å². The number of terminal acetylenes is 1. The maximum Gasteiger partial charge on any atom is 0.254 e. The Morgan fingerprint density at radius 3 is 2.67 bits per heavy atom. The van der Waals surface area contributed by atoms with Crippen molar-refractivity contribution < 1.29 is 14.6 Å². The van der Waals surface area contributed by atoms with E-state index in [-0.39, 0.29) is 24.6 Å². The Morgan fingerprint density at radius 2 is 2.00 bits per heavy atom. The number of hydrogen-bond acceptors (Lipinski definition) is 7. The molecule has 7 rings (SSSR count). The fraction of sp³-hybridized carbons (Fsp3) is 0.290. The van der Waals surface area contributed by atoms with Crippen LogP contribution in [0.15, 0.2) is 61.1 Å². The van der Waals surface area contributed by atoms with Crippen LogP contribution in [0.3, 0.4) is 0 Å². The summed E-state index contributed by atoms with van der Waals surface area (Å²) >= 11 is 0. The first-order valence-corrected chi connectivity index (χ1v) is 13.1. The molecule has 4 aromatic rings. The highest BCUT2D eigenvalue weighted by Gasteiger charge is 2.47. The molecule has 3 saturated heterocycles. The first kappa shape index (κ1) is 25.4. The Bertz CT molecular complexity index is 1680. The minimum absolute atomic E-state index is 0.0196. The summed E-state index contributed by atoms with van der Waals surface area (Å²) in [5.41, 5.74) is 3.00. The number of fused-ring (bicyclic) bond motifs is 3. The Hall–Kier alpha value is -4.86. The summed E-state index contributed by atoms with van der Waals surface area (Å²) in [6.07, 6.45) is 11.5. The summed E-state index contributed by atoms with van der Waals surface area (Å²) in [4.78, 5) is 22.1. The van der Waals surface area contributed by atoms with Crippen molar-refractivity contribution in [1.82, 2.24) is 19.5 Å². The molecule has 9 heteroatoms. The molecule has 0 spiro atoms. The molecule has 6 heterocycles. The summed E-state index contributed by atoms with van der Waals surface area (Å²) in [5, 5.41) is 24.1. The largest absolute Gasteiger partial charge is 0.489 e. The normalized spacial score (nSPS) is 18.1. The van der Waals surface area contributed by atoms with Gasteiger partial charge in [-0.05, 0) is 56.7 Å². The highest BCUT2D eigenvalue weighted by molar-refractivity contribution is 5.96. The van der Waals surface area contributed by atoms with E-state index in [0.717, 1.165) is 23.4 Å². The molecule has 2 unspecified atom stereocenters. The number of nitrogens with zero attached hydrogens (tertiary/aromatic N) is 6. The number of rotatable bonds is 6. The molecule has 200 valence electrons. The number of carbonyl (C=O) groups is 1. The number of hydrogen-bond donors (Lipinski definition) is 1. The molecule has 3 aromatic heterocycles. The van der Waals surface area contributed by atoms with Crippen molar-refractivity contribution in [3.05, 3.63) is 77.7 Å². The van der Waals surface area contributed by atoms with Crippen LogP contribution in [0.25, 0.3) is 16.6 Å². The van der Waals surface area contributed by atoms with Crippen molar-refractivity contribution in [3.63, 3.8) is 0 Å². The molecular formula is C31H28N6O3. The Morgan fingerprint density at radius 1 is 1.20 bits per heavy atom. The molecule has 0 aliphatic carbocycles. The highest BCUT2D eigenvalue weighted by atomic mass is 16.5. The van der Waals surface area contributed by atoms with Crippen molar-refractivity contribution in [2.24, 2.45) is 0 Å². The van der Waals surface area contributed by atoms with Crippen molar-refractivity contribution in [2.75, 3.05) is 24.6 Å². The van der Waals surface area contributed by atoms with Crippen LogP contribution >= 0.6 is 0 Å². The van der Waals surface area contributed by atoms with Crippen LogP contribution in [0.1, 0.15) is 41.8 Å². The lowest BCUT2D eigenvalue weighted by Crippen LogP contribution is -2.70. The van der Waals surface area contributed by atoms with Crippen molar-refractivity contribution in [2.45, 2.75) is 38.0 Å². The van der Waals surface area contributed by atoms with E-state index in [0.29, 0.717) is 41.0 Å². The summed E-state index contributed by atoms with van der Waals surface area (Å²) < 4.78 is 7.44. The molecule has 0 radical (unpaired) electrons. The predicted molar refractivity (Wildman–Crippen MR) is 150 cm³/mol. The third-order valence-electron chi connectivity index (χ3n) is 7.39. The van der Waals surface area contributed by atoms with E-state index < -0.39 is 5.60 Å². The van der Waals surface area contributed by atoms with Crippen molar-refractivity contribution in [3.8, 4) is 35.3 Å². The Balaban J connectivity index is 1.22. The fourth-order valence-corrected chi connectivity index (χ4v) is 5.49. The second-order valence-corrected chi connectivity index (χ2v) is 10.9. The number of benzene rings is 1. The predicted octanol–water partition coefficient (Wildman–Crippen LogP) is 3.50. The molecule has 1 N–H and O–H groups in total. The van der Waals surface area contributed by atoms with Gasteiger partial charge in [-0.15, -0.1) is 6.42 Å². The summed E-state index contributed by atoms with van der Waals surface area (Å²) in [5.74, 6) is 3.97. The number of anilines is 1. The summed E-state index contributed by atoms with van der Waals surface area (Å²) in [6, 6.07) is 15.5. The van der Waals surface area contributed by atoms with Gasteiger partial charge in [0, 0.05) is 41.5 Å². The number of ether oxygens (including phenoxy) is 1. The zero-order valence-corrected chi connectivity index (χ0v) is 22.3. The quantitative estimate of drug-likeness (QED) is 0.379. The molecule has 2 atom stereocenters.